The number of hydrogen-bond donors (Lipinski definition) is 1. The van der Waals surface area contributed by atoms with Crippen LogP contribution >= 0.6 is 0 Å². The molecule has 2 aromatic rings. The molecule has 3 rings (SSSR count). The third-order valence-corrected chi connectivity index (χ3v) is 4.31. The number of benzene rings is 2. The third kappa shape index (κ3) is 2.63. The van der Waals surface area contributed by atoms with Crippen LogP contribution in [0.5, 0.6) is 0 Å². The number of imide groups is 1. The molecule has 0 aromatic heterocycles. The second kappa shape index (κ2) is 5.82. The van der Waals surface area contributed by atoms with Crippen LogP contribution in [0.4, 0.5) is 4.79 Å². The van der Waals surface area contributed by atoms with E-state index < -0.39 is 11.6 Å². The highest BCUT2D eigenvalue weighted by molar-refractivity contribution is 6.07. The van der Waals surface area contributed by atoms with Gasteiger partial charge in [-0.25, -0.2) is 4.79 Å². The average Bonchev–Trinajstić information content (AvgIpc) is 2.81. The van der Waals surface area contributed by atoms with Gasteiger partial charge in [0, 0.05) is 0 Å². The van der Waals surface area contributed by atoms with E-state index in [4.69, 9.17) is 5.26 Å². The van der Waals surface area contributed by atoms with Gasteiger partial charge in [-0.15, -0.1) is 0 Å². The number of amides is 3. The molecule has 5 nitrogen and oxygen atoms in total. The third-order valence-electron chi connectivity index (χ3n) is 4.31. The summed E-state index contributed by atoms with van der Waals surface area (Å²) < 4.78 is 0. The zero-order chi connectivity index (χ0) is 17.3. The Balaban J connectivity index is 1.90. The zero-order valence-electron chi connectivity index (χ0n) is 13.5. The largest absolute Gasteiger partial charge is 0.325 e. The molecule has 3 amide bonds. The molecule has 1 N–H and O–H groups in total. The van der Waals surface area contributed by atoms with Gasteiger partial charge in [0.05, 0.1) is 18.2 Å². The van der Waals surface area contributed by atoms with Crippen molar-refractivity contribution in [2.45, 2.75) is 25.9 Å². The first kappa shape index (κ1) is 15.8. The molecule has 1 aliphatic rings. The summed E-state index contributed by atoms with van der Waals surface area (Å²) in [6, 6.07) is 16.1. The Kier molecular flexibility index (Phi) is 3.82. The van der Waals surface area contributed by atoms with Gasteiger partial charge < -0.3 is 5.32 Å². The topological polar surface area (TPSA) is 73.2 Å². The Hall–Kier alpha value is -3.13. The van der Waals surface area contributed by atoms with Gasteiger partial charge in [0.2, 0.25) is 0 Å². The second-order valence-corrected chi connectivity index (χ2v) is 6.12. The molecule has 0 radical (unpaired) electrons. The van der Waals surface area contributed by atoms with E-state index in [2.05, 4.69) is 11.4 Å². The Morgan fingerprint density at radius 1 is 1.17 bits per heavy atom. The quantitative estimate of drug-likeness (QED) is 0.884. The maximum absolute atomic E-state index is 12.9. The Morgan fingerprint density at radius 2 is 1.88 bits per heavy atom. The summed E-state index contributed by atoms with van der Waals surface area (Å²) in [4.78, 5) is 26.4. The maximum atomic E-state index is 12.9. The highest BCUT2D eigenvalue weighted by atomic mass is 16.2. The van der Waals surface area contributed by atoms with Crippen molar-refractivity contribution >= 4 is 11.9 Å². The van der Waals surface area contributed by atoms with E-state index in [1.807, 2.05) is 31.2 Å². The summed E-state index contributed by atoms with van der Waals surface area (Å²) in [6.07, 6.45) is 0. The molecule has 1 aliphatic heterocycles. The normalized spacial score (nSPS) is 20.0. The fraction of sp³-hybridized carbons (Fsp3) is 0.211. The first-order chi connectivity index (χ1) is 11.4. The van der Waals surface area contributed by atoms with Crippen LogP contribution in [-0.4, -0.2) is 16.8 Å². The number of rotatable bonds is 3. The lowest BCUT2D eigenvalue weighted by molar-refractivity contribution is -0.131. The Morgan fingerprint density at radius 3 is 2.54 bits per heavy atom. The van der Waals surface area contributed by atoms with Gasteiger partial charge in [0.1, 0.15) is 5.54 Å². The van der Waals surface area contributed by atoms with Gasteiger partial charge in [-0.2, -0.15) is 5.26 Å². The predicted molar refractivity (Wildman–Crippen MR) is 88.8 cm³/mol. The molecule has 2 aromatic carbocycles. The standard InChI is InChI=1S/C19H17N3O2/c1-13-6-8-14(9-7-13)12-22-17(23)19(2,21-18(22)24)16-5-3-4-15(10-16)11-20/h3-10H,12H2,1-2H3,(H,21,24). The molecule has 24 heavy (non-hydrogen) atoms. The SMILES string of the molecule is Cc1ccc(CN2C(=O)NC(C)(c3cccc(C#N)c3)C2=O)cc1. The van der Waals surface area contributed by atoms with Crippen molar-refractivity contribution in [1.82, 2.24) is 10.2 Å². The number of nitrogens with zero attached hydrogens (tertiary/aromatic N) is 2. The second-order valence-electron chi connectivity index (χ2n) is 6.12. The zero-order valence-corrected chi connectivity index (χ0v) is 13.5. The van der Waals surface area contributed by atoms with Gasteiger partial charge in [-0.3, -0.25) is 9.69 Å². The van der Waals surface area contributed by atoms with E-state index in [0.717, 1.165) is 11.1 Å². The lowest BCUT2D eigenvalue weighted by Gasteiger charge is -2.22. The minimum Gasteiger partial charge on any atom is -0.319 e. The van der Waals surface area contributed by atoms with Crippen LogP contribution in [0.1, 0.15) is 29.2 Å². The molecule has 120 valence electrons. The molecule has 0 bridgehead atoms. The van der Waals surface area contributed by atoms with Crippen LogP contribution in [0.15, 0.2) is 48.5 Å². The van der Waals surface area contributed by atoms with Crippen molar-refractivity contribution in [2.24, 2.45) is 0 Å². The van der Waals surface area contributed by atoms with Gasteiger partial charge >= 0.3 is 6.03 Å². The summed E-state index contributed by atoms with van der Waals surface area (Å²) in [5.41, 5.74) is 1.90. The van der Waals surface area contributed by atoms with Crippen molar-refractivity contribution in [2.75, 3.05) is 0 Å². The Bertz CT molecular complexity index is 852. The number of nitrogens with one attached hydrogen (secondary N) is 1. The van der Waals surface area contributed by atoms with Gasteiger partial charge in [-0.1, -0.05) is 42.0 Å². The predicted octanol–water partition coefficient (Wildman–Crippen LogP) is 2.83. The smallest absolute Gasteiger partial charge is 0.319 e. The molecule has 1 atom stereocenters. The summed E-state index contributed by atoms with van der Waals surface area (Å²) in [5, 5.41) is 11.8. The summed E-state index contributed by atoms with van der Waals surface area (Å²) >= 11 is 0. The molecule has 5 heteroatoms. The first-order valence-corrected chi connectivity index (χ1v) is 7.64. The molecular formula is C19H17N3O2. The van der Waals surface area contributed by atoms with E-state index >= 15 is 0 Å². The van der Waals surface area contributed by atoms with E-state index in [0.29, 0.717) is 11.1 Å². The van der Waals surface area contributed by atoms with Crippen LogP contribution in [-0.2, 0) is 16.9 Å². The van der Waals surface area contributed by atoms with Crippen LogP contribution in [0.3, 0.4) is 0 Å². The van der Waals surface area contributed by atoms with Crippen molar-refractivity contribution in [3.8, 4) is 6.07 Å². The van der Waals surface area contributed by atoms with Crippen molar-refractivity contribution < 1.29 is 9.59 Å². The van der Waals surface area contributed by atoms with Gasteiger partial charge in [0.15, 0.2) is 0 Å². The van der Waals surface area contributed by atoms with Crippen LogP contribution in [0.25, 0.3) is 0 Å². The highest BCUT2D eigenvalue weighted by Gasteiger charge is 2.48. The monoisotopic (exact) mass is 319 g/mol. The van der Waals surface area contributed by atoms with Crippen molar-refractivity contribution in [3.63, 3.8) is 0 Å². The van der Waals surface area contributed by atoms with Gasteiger partial charge in [0.25, 0.3) is 5.91 Å². The Labute approximate surface area is 140 Å². The summed E-state index contributed by atoms with van der Waals surface area (Å²) in [7, 11) is 0. The number of carbonyl (C=O) groups excluding carboxylic acids is 2. The molecule has 0 saturated carbocycles. The molecule has 1 fully saturated rings. The van der Waals surface area contributed by atoms with E-state index in [1.165, 1.54) is 4.90 Å². The van der Waals surface area contributed by atoms with E-state index in [1.54, 1.807) is 31.2 Å². The molecule has 0 aliphatic carbocycles. The minimum absolute atomic E-state index is 0.221. The van der Waals surface area contributed by atoms with E-state index in [-0.39, 0.29) is 12.5 Å². The average molecular weight is 319 g/mol. The number of nitriles is 1. The van der Waals surface area contributed by atoms with Crippen LogP contribution < -0.4 is 5.32 Å². The fourth-order valence-electron chi connectivity index (χ4n) is 2.81. The molecule has 1 heterocycles. The van der Waals surface area contributed by atoms with Crippen molar-refractivity contribution in [3.05, 3.63) is 70.8 Å². The van der Waals surface area contributed by atoms with Crippen LogP contribution in [0, 0.1) is 18.3 Å². The minimum atomic E-state index is -1.16. The van der Waals surface area contributed by atoms with Crippen molar-refractivity contribution in [1.29, 1.82) is 5.26 Å². The van der Waals surface area contributed by atoms with E-state index in [9.17, 15) is 9.59 Å². The number of urea groups is 1. The maximum Gasteiger partial charge on any atom is 0.325 e. The summed E-state index contributed by atoms with van der Waals surface area (Å²) in [5.74, 6) is -0.317. The number of hydrogen-bond acceptors (Lipinski definition) is 3. The molecule has 1 saturated heterocycles. The summed E-state index contributed by atoms with van der Waals surface area (Å²) in [6.45, 7) is 3.87. The molecular weight excluding hydrogens is 302 g/mol. The van der Waals surface area contributed by atoms with Gasteiger partial charge in [-0.05, 0) is 37.1 Å². The molecule has 1 unspecified atom stereocenters. The van der Waals surface area contributed by atoms with Crippen LogP contribution in [0.2, 0.25) is 0 Å². The molecule has 0 spiro atoms. The highest BCUT2D eigenvalue weighted by Crippen LogP contribution is 2.30. The first-order valence-electron chi connectivity index (χ1n) is 7.64. The lowest BCUT2D eigenvalue weighted by Crippen LogP contribution is -2.40. The fourth-order valence-corrected chi connectivity index (χ4v) is 2.81. The number of aryl methyl sites for hydroxylation is 1. The number of carbonyl (C=O) groups is 2. The lowest BCUT2D eigenvalue weighted by atomic mass is 9.91.